The Morgan fingerprint density at radius 1 is 1.31 bits per heavy atom. The number of carbonyl (C=O) groups is 1. The van der Waals surface area contributed by atoms with Crippen molar-refractivity contribution in [2.75, 3.05) is 17.3 Å². The summed E-state index contributed by atoms with van der Waals surface area (Å²) in [7, 11) is 1.89. The van der Waals surface area contributed by atoms with Crippen LogP contribution in [0.2, 0.25) is 5.02 Å². The molecule has 0 spiro atoms. The van der Waals surface area contributed by atoms with Gasteiger partial charge < -0.3 is 16.0 Å². The summed E-state index contributed by atoms with van der Waals surface area (Å²) in [5.41, 5.74) is 8.91. The van der Waals surface area contributed by atoms with Gasteiger partial charge in [-0.3, -0.25) is 9.89 Å². The molecule has 4 N–H and O–H groups in total. The number of aromatic nitrogens is 4. The van der Waals surface area contributed by atoms with E-state index in [0.717, 1.165) is 25.7 Å². The second-order valence-corrected chi connectivity index (χ2v) is 10.2. The number of amides is 1. The van der Waals surface area contributed by atoms with Gasteiger partial charge in [0.25, 0.3) is 0 Å². The zero-order valence-corrected chi connectivity index (χ0v) is 20.4. The monoisotopic (exact) mass is 513 g/mol. The Balaban J connectivity index is 1.37. The van der Waals surface area contributed by atoms with Crippen molar-refractivity contribution in [3.05, 3.63) is 41.4 Å². The molecule has 0 unspecified atom stereocenters. The minimum absolute atomic E-state index is 0.0124. The Morgan fingerprint density at radius 3 is 2.78 bits per heavy atom. The number of carbonyl (C=O) groups excluding carboxylic acids is 1. The zero-order chi connectivity index (χ0) is 25.1. The standard InChI is InChI=1S/C25H26ClF2N7O/c1-34(14-4-2-13(29)3-5-14)24-22(28)21(26)20(17-11-30-32-23(17)24)12-6-7-35-15(8-12)9-19(33-35)31-25(36)16-10-18(16)27/h6-9,11,13-14,16,18H,2-5,10,29H2,1H3,(H,30,32)(H,31,33,36)/t13?,14?,16-,18+/m1/s1. The Bertz CT molecular complexity index is 1480. The molecule has 0 bridgehead atoms. The molecule has 2 aliphatic rings. The van der Waals surface area contributed by atoms with Crippen molar-refractivity contribution in [2.24, 2.45) is 11.7 Å². The van der Waals surface area contributed by atoms with Crippen LogP contribution in [-0.2, 0) is 4.79 Å². The minimum Gasteiger partial charge on any atom is -0.367 e. The number of hydrogen-bond donors (Lipinski definition) is 3. The summed E-state index contributed by atoms with van der Waals surface area (Å²) in [5.74, 6) is -1.17. The van der Waals surface area contributed by atoms with Crippen LogP contribution < -0.4 is 16.0 Å². The normalized spacial score (nSPS) is 23.8. The van der Waals surface area contributed by atoms with Gasteiger partial charge >= 0.3 is 0 Å². The molecule has 3 heterocycles. The summed E-state index contributed by atoms with van der Waals surface area (Å²) in [6.07, 6.45) is 6.09. The molecule has 8 nitrogen and oxygen atoms in total. The van der Waals surface area contributed by atoms with Crippen molar-refractivity contribution >= 4 is 45.4 Å². The lowest BCUT2D eigenvalue weighted by Gasteiger charge is -2.35. The average molecular weight is 514 g/mol. The number of fused-ring (bicyclic) bond motifs is 2. The molecule has 11 heteroatoms. The number of halogens is 3. The second-order valence-electron chi connectivity index (χ2n) is 9.85. The van der Waals surface area contributed by atoms with Gasteiger partial charge in [0.05, 0.1) is 28.2 Å². The molecular weight excluding hydrogens is 488 g/mol. The summed E-state index contributed by atoms with van der Waals surface area (Å²) < 4.78 is 30.7. The van der Waals surface area contributed by atoms with Crippen LogP contribution in [0.3, 0.4) is 0 Å². The molecule has 2 aliphatic carbocycles. The summed E-state index contributed by atoms with van der Waals surface area (Å²) in [5, 5.41) is 14.9. The van der Waals surface area contributed by atoms with Gasteiger partial charge in [0.2, 0.25) is 5.91 Å². The van der Waals surface area contributed by atoms with Gasteiger partial charge in [-0.25, -0.2) is 13.3 Å². The van der Waals surface area contributed by atoms with E-state index in [1.807, 2.05) is 18.0 Å². The maximum Gasteiger partial charge on any atom is 0.231 e. The fourth-order valence-electron chi connectivity index (χ4n) is 5.25. The molecule has 0 aliphatic heterocycles. The maximum atomic E-state index is 15.9. The molecule has 1 aromatic carbocycles. The highest BCUT2D eigenvalue weighted by Crippen LogP contribution is 2.44. The van der Waals surface area contributed by atoms with Crippen molar-refractivity contribution in [3.8, 4) is 11.1 Å². The lowest BCUT2D eigenvalue weighted by atomic mass is 9.90. The van der Waals surface area contributed by atoms with Gasteiger partial charge in [-0.05, 0) is 49.8 Å². The molecule has 3 aromatic heterocycles. The van der Waals surface area contributed by atoms with Crippen LogP contribution in [-0.4, -0.2) is 51.0 Å². The van der Waals surface area contributed by atoms with E-state index in [4.69, 9.17) is 17.3 Å². The molecule has 0 saturated heterocycles. The van der Waals surface area contributed by atoms with Gasteiger partial charge in [-0.15, -0.1) is 0 Å². The van der Waals surface area contributed by atoms with E-state index in [1.54, 1.807) is 29.0 Å². The smallest absolute Gasteiger partial charge is 0.231 e. The Hall–Kier alpha value is -3.24. The molecule has 36 heavy (non-hydrogen) atoms. The van der Waals surface area contributed by atoms with Gasteiger partial charge in [0.1, 0.15) is 11.9 Å². The van der Waals surface area contributed by atoms with E-state index in [9.17, 15) is 9.18 Å². The molecule has 6 rings (SSSR count). The molecule has 188 valence electrons. The number of alkyl halides is 1. The highest BCUT2D eigenvalue weighted by Gasteiger charge is 2.43. The minimum atomic E-state index is -1.08. The highest BCUT2D eigenvalue weighted by atomic mass is 35.5. The van der Waals surface area contributed by atoms with Gasteiger partial charge in [0, 0.05) is 42.3 Å². The van der Waals surface area contributed by atoms with Crippen LogP contribution in [0.1, 0.15) is 32.1 Å². The first-order chi connectivity index (χ1) is 17.3. The van der Waals surface area contributed by atoms with Gasteiger partial charge in [-0.2, -0.15) is 10.2 Å². The molecule has 1 amide bonds. The topological polar surface area (TPSA) is 104 Å². The van der Waals surface area contributed by atoms with Crippen molar-refractivity contribution in [1.82, 2.24) is 19.8 Å². The van der Waals surface area contributed by atoms with Crippen LogP contribution >= 0.6 is 11.6 Å². The van der Waals surface area contributed by atoms with Gasteiger partial charge in [-0.1, -0.05) is 11.6 Å². The molecule has 2 fully saturated rings. The highest BCUT2D eigenvalue weighted by molar-refractivity contribution is 6.36. The molecule has 2 saturated carbocycles. The number of nitrogens with two attached hydrogens (primary N) is 1. The van der Waals surface area contributed by atoms with Crippen molar-refractivity contribution in [1.29, 1.82) is 0 Å². The summed E-state index contributed by atoms with van der Waals surface area (Å²) in [6, 6.07) is 5.64. The van der Waals surface area contributed by atoms with E-state index < -0.39 is 17.9 Å². The van der Waals surface area contributed by atoms with Crippen molar-refractivity contribution in [3.63, 3.8) is 0 Å². The summed E-state index contributed by atoms with van der Waals surface area (Å²) in [6.45, 7) is 0. The van der Waals surface area contributed by atoms with Crippen LogP contribution in [0.25, 0.3) is 27.5 Å². The fourth-order valence-corrected chi connectivity index (χ4v) is 5.55. The lowest BCUT2D eigenvalue weighted by molar-refractivity contribution is -0.117. The van der Waals surface area contributed by atoms with Gasteiger partial charge in [0.15, 0.2) is 11.6 Å². The molecule has 4 aromatic rings. The number of rotatable bonds is 5. The Morgan fingerprint density at radius 2 is 2.06 bits per heavy atom. The van der Waals surface area contributed by atoms with E-state index in [1.165, 1.54) is 0 Å². The first-order valence-corrected chi connectivity index (χ1v) is 12.5. The van der Waals surface area contributed by atoms with Crippen molar-refractivity contribution in [2.45, 2.75) is 50.4 Å². The van der Waals surface area contributed by atoms with Crippen molar-refractivity contribution < 1.29 is 13.6 Å². The lowest BCUT2D eigenvalue weighted by Crippen LogP contribution is -2.39. The first-order valence-electron chi connectivity index (χ1n) is 12.1. The van der Waals surface area contributed by atoms with E-state index in [-0.39, 0.29) is 29.4 Å². The maximum absolute atomic E-state index is 15.9. The number of anilines is 2. The average Bonchev–Trinajstić information content (AvgIpc) is 3.22. The largest absolute Gasteiger partial charge is 0.367 e. The van der Waals surface area contributed by atoms with E-state index >= 15 is 4.39 Å². The molecular formula is C25H26ClF2N7O. The third kappa shape index (κ3) is 3.88. The third-order valence-corrected chi connectivity index (χ3v) is 7.81. The number of aromatic amines is 1. The zero-order valence-electron chi connectivity index (χ0n) is 19.6. The SMILES string of the molecule is CN(c1c(F)c(Cl)c(-c2ccn3nc(NC(=O)[C@@H]4C[C@@H]4F)cc3c2)c2cn[nH]c12)C1CCC(N)CC1. The number of nitrogens with zero attached hydrogens (tertiary/aromatic N) is 4. The van der Waals surface area contributed by atoms with Crippen LogP contribution in [0, 0.1) is 11.7 Å². The van der Waals surface area contributed by atoms with Crippen LogP contribution in [0.15, 0.2) is 30.6 Å². The van der Waals surface area contributed by atoms with E-state index in [0.29, 0.717) is 39.1 Å². The fraction of sp³-hybridized carbons (Fsp3) is 0.400. The first kappa shape index (κ1) is 23.2. The predicted molar refractivity (Wildman–Crippen MR) is 136 cm³/mol. The third-order valence-electron chi connectivity index (χ3n) is 7.46. The number of nitrogens with one attached hydrogen (secondary N) is 2. The van der Waals surface area contributed by atoms with Crippen LogP contribution in [0.4, 0.5) is 20.3 Å². The summed E-state index contributed by atoms with van der Waals surface area (Å²) >= 11 is 6.68. The number of pyridine rings is 1. The second kappa shape index (κ2) is 8.70. The Labute approximate surface area is 210 Å². The molecule has 0 radical (unpaired) electrons. The molecule has 2 atom stereocenters. The van der Waals surface area contributed by atoms with E-state index in [2.05, 4.69) is 20.6 Å². The predicted octanol–water partition coefficient (Wildman–Crippen LogP) is 4.67. The number of hydrogen-bond acceptors (Lipinski definition) is 5. The number of benzene rings is 1. The summed E-state index contributed by atoms with van der Waals surface area (Å²) in [4.78, 5) is 14.0. The number of H-pyrrole nitrogens is 1. The quantitative estimate of drug-likeness (QED) is 0.359. The Kier molecular flexibility index (Phi) is 5.60. The van der Waals surface area contributed by atoms with Crippen LogP contribution in [0.5, 0.6) is 0 Å².